The van der Waals surface area contributed by atoms with Gasteiger partial charge in [-0.25, -0.2) is 4.98 Å². The largest absolute Gasteiger partial charge is 0.345 e. The lowest BCUT2D eigenvalue weighted by atomic mass is 10.1. The van der Waals surface area contributed by atoms with Gasteiger partial charge in [0.25, 0.3) is 5.91 Å². The van der Waals surface area contributed by atoms with Crippen LogP contribution in [0.3, 0.4) is 0 Å². The lowest BCUT2D eigenvalue weighted by molar-refractivity contribution is 0.0946. The average Bonchev–Trinajstić information content (AvgIpc) is 2.95. The normalized spacial score (nSPS) is 12.4. The van der Waals surface area contributed by atoms with E-state index in [4.69, 9.17) is 5.73 Å². The molecule has 3 N–H and O–H groups in total. The zero-order valence-electron chi connectivity index (χ0n) is 12.2. The molecule has 1 amide bonds. The molecule has 6 heteroatoms. The number of amides is 1. The van der Waals surface area contributed by atoms with Crippen molar-refractivity contribution in [3.05, 3.63) is 46.2 Å². The number of thiazole rings is 1. The monoisotopic (exact) mass is 304 g/mol. The second kappa shape index (κ2) is 7.28. The summed E-state index contributed by atoms with van der Waals surface area (Å²) in [6, 6.07) is 5.49. The molecule has 0 aliphatic heterocycles. The summed E-state index contributed by atoms with van der Waals surface area (Å²) in [4.78, 5) is 20.5. The van der Waals surface area contributed by atoms with E-state index in [0.29, 0.717) is 18.2 Å². The maximum atomic E-state index is 12.0. The third-order valence-electron chi connectivity index (χ3n) is 2.95. The fraction of sp³-hybridized carbons (Fsp3) is 0.400. The number of nitrogens with zero attached hydrogens (tertiary/aromatic N) is 2. The predicted molar refractivity (Wildman–Crippen MR) is 83.9 cm³/mol. The number of carbonyl (C=O) groups excluding carboxylic acids is 1. The van der Waals surface area contributed by atoms with Crippen LogP contribution in [-0.2, 0) is 6.54 Å². The lowest BCUT2D eigenvalue weighted by Crippen LogP contribution is -2.24. The molecule has 2 aromatic heterocycles. The van der Waals surface area contributed by atoms with Crippen molar-refractivity contribution in [1.29, 1.82) is 0 Å². The van der Waals surface area contributed by atoms with Crippen LogP contribution in [0.5, 0.6) is 0 Å². The molecule has 0 aliphatic rings. The Balaban J connectivity index is 1.93. The molecule has 5 nitrogen and oxygen atoms in total. The minimum absolute atomic E-state index is 0.104. The van der Waals surface area contributed by atoms with Gasteiger partial charge in [-0.2, -0.15) is 0 Å². The minimum atomic E-state index is -0.195. The molecule has 1 atom stereocenters. The molecule has 21 heavy (non-hydrogen) atoms. The summed E-state index contributed by atoms with van der Waals surface area (Å²) in [5.41, 5.74) is 7.32. The Morgan fingerprint density at radius 3 is 2.90 bits per heavy atom. The first kappa shape index (κ1) is 15.6. The van der Waals surface area contributed by atoms with Crippen LogP contribution in [0.25, 0.3) is 0 Å². The van der Waals surface area contributed by atoms with Crippen LogP contribution >= 0.6 is 11.3 Å². The Bertz CT molecular complexity index is 582. The van der Waals surface area contributed by atoms with E-state index in [9.17, 15) is 4.79 Å². The van der Waals surface area contributed by atoms with Crippen molar-refractivity contribution in [3.8, 4) is 0 Å². The SMILES string of the molecule is CC(C)CC(N)c1nc(C(=O)NCc2ccccn2)cs1. The number of pyridine rings is 1. The van der Waals surface area contributed by atoms with Gasteiger partial charge in [0.2, 0.25) is 0 Å². The molecule has 0 spiro atoms. The van der Waals surface area contributed by atoms with E-state index in [-0.39, 0.29) is 11.9 Å². The first-order valence-corrected chi connectivity index (χ1v) is 7.83. The van der Waals surface area contributed by atoms with E-state index < -0.39 is 0 Å². The van der Waals surface area contributed by atoms with Gasteiger partial charge in [0, 0.05) is 11.6 Å². The highest BCUT2D eigenvalue weighted by molar-refractivity contribution is 7.09. The van der Waals surface area contributed by atoms with E-state index in [1.165, 1.54) is 11.3 Å². The highest BCUT2D eigenvalue weighted by Gasteiger charge is 2.16. The Morgan fingerprint density at radius 2 is 2.24 bits per heavy atom. The van der Waals surface area contributed by atoms with Crippen molar-refractivity contribution in [2.75, 3.05) is 0 Å². The van der Waals surface area contributed by atoms with E-state index in [1.54, 1.807) is 11.6 Å². The first-order valence-electron chi connectivity index (χ1n) is 6.95. The molecule has 0 saturated heterocycles. The molecule has 0 fully saturated rings. The standard InChI is InChI=1S/C15H20N4OS/c1-10(2)7-12(16)15-19-13(9-21-15)14(20)18-8-11-5-3-4-6-17-11/h3-6,9-10,12H,7-8,16H2,1-2H3,(H,18,20). The second-order valence-electron chi connectivity index (χ2n) is 5.31. The summed E-state index contributed by atoms with van der Waals surface area (Å²) in [7, 11) is 0. The van der Waals surface area contributed by atoms with Crippen molar-refractivity contribution in [2.24, 2.45) is 11.7 Å². The van der Waals surface area contributed by atoms with Crippen molar-refractivity contribution >= 4 is 17.2 Å². The number of rotatable bonds is 6. The van der Waals surface area contributed by atoms with Gasteiger partial charge in [0.05, 0.1) is 18.3 Å². The van der Waals surface area contributed by atoms with Gasteiger partial charge in [0.1, 0.15) is 10.7 Å². The number of aromatic nitrogens is 2. The molecule has 0 bridgehead atoms. The summed E-state index contributed by atoms with van der Waals surface area (Å²) in [5.74, 6) is 0.310. The number of nitrogens with one attached hydrogen (secondary N) is 1. The van der Waals surface area contributed by atoms with Crippen molar-refractivity contribution in [1.82, 2.24) is 15.3 Å². The van der Waals surface area contributed by atoms with Crippen molar-refractivity contribution in [2.45, 2.75) is 32.9 Å². The third kappa shape index (κ3) is 4.61. The van der Waals surface area contributed by atoms with Gasteiger partial charge in [-0.3, -0.25) is 9.78 Å². The van der Waals surface area contributed by atoms with Crippen LogP contribution < -0.4 is 11.1 Å². The number of hydrogen-bond acceptors (Lipinski definition) is 5. The Morgan fingerprint density at radius 1 is 1.43 bits per heavy atom. The molecule has 2 rings (SSSR count). The summed E-state index contributed by atoms with van der Waals surface area (Å²) in [6.07, 6.45) is 2.57. The zero-order chi connectivity index (χ0) is 15.2. The second-order valence-corrected chi connectivity index (χ2v) is 6.20. The van der Waals surface area contributed by atoms with Crippen LogP contribution in [-0.4, -0.2) is 15.9 Å². The highest BCUT2D eigenvalue weighted by Crippen LogP contribution is 2.22. The quantitative estimate of drug-likeness (QED) is 0.859. The third-order valence-corrected chi connectivity index (χ3v) is 3.93. The molecule has 0 aromatic carbocycles. The zero-order valence-corrected chi connectivity index (χ0v) is 13.1. The van der Waals surface area contributed by atoms with E-state index >= 15 is 0 Å². The van der Waals surface area contributed by atoms with E-state index in [1.807, 2.05) is 18.2 Å². The van der Waals surface area contributed by atoms with Crippen LogP contribution in [0.2, 0.25) is 0 Å². The van der Waals surface area contributed by atoms with Crippen LogP contribution in [0, 0.1) is 5.92 Å². The molecule has 1 unspecified atom stereocenters. The highest BCUT2D eigenvalue weighted by atomic mass is 32.1. The summed E-state index contributed by atoms with van der Waals surface area (Å²) >= 11 is 1.44. The number of carbonyl (C=O) groups is 1. The maximum absolute atomic E-state index is 12.0. The topological polar surface area (TPSA) is 80.9 Å². The van der Waals surface area contributed by atoms with Crippen molar-refractivity contribution < 1.29 is 4.79 Å². The fourth-order valence-electron chi connectivity index (χ4n) is 1.93. The molecular weight excluding hydrogens is 284 g/mol. The van der Waals surface area contributed by atoms with Gasteiger partial charge in [0.15, 0.2) is 0 Å². The van der Waals surface area contributed by atoms with Crippen molar-refractivity contribution in [3.63, 3.8) is 0 Å². The van der Waals surface area contributed by atoms with Gasteiger partial charge >= 0.3 is 0 Å². The summed E-state index contributed by atoms with van der Waals surface area (Å²) < 4.78 is 0. The van der Waals surface area contributed by atoms with Gasteiger partial charge in [-0.15, -0.1) is 11.3 Å². The number of nitrogens with two attached hydrogens (primary N) is 1. The lowest BCUT2D eigenvalue weighted by Gasteiger charge is -2.10. The molecule has 2 heterocycles. The average molecular weight is 304 g/mol. The van der Waals surface area contributed by atoms with Gasteiger partial charge in [-0.1, -0.05) is 19.9 Å². The molecule has 0 saturated carbocycles. The Hall–Kier alpha value is -1.79. The Labute approximate surface area is 128 Å². The van der Waals surface area contributed by atoms with Gasteiger partial charge < -0.3 is 11.1 Å². The molecule has 0 radical (unpaired) electrons. The first-order chi connectivity index (χ1) is 10.1. The van der Waals surface area contributed by atoms with Gasteiger partial charge in [-0.05, 0) is 24.5 Å². The molecule has 112 valence electrons. The van der Waals surface area contributed by atoms with Crippen LogP contribution in [0.1, 0.15) is 47.5 Å². The number of hydrogen-bond donors (Lipinski definition) is 2. The molecule has 0 aliphatic carbocycles. The molecule has 2 aromatic rings. The van der Waals surface area contributed by atoms with Crippen LogP contribution in [0.4, 0.5) is 0 Å². The molecular formula is C15H20N4OS. The summed E-state index contributed by atoms with van der Waals surface area (Å²) in [6.45, 7) is 4.63. The maximum Gasteiger partial charge on any atom is 0.271 e. The minimum Gasteiger partial charge on any atom is -0.345 e. The van der Waals surface area contributed by atoms with E-state index in [0.717, 1.165) is 17.1 Å². The summed E-state index contributed by atoms with van der Waals surface area (Å²) in [5, 5.41) is 5.38. The Kier molecular flexibility index (Phi) is 5.41. The fourth-order valence-corrected chi connectivity index (χ4v) is 2.75. The van der Waals surface area contributed by atoms with E-state index in [2.05, 4.69) is 29.1 Å². The van der Waals surface area contributed by atoms with Crippen LogP contribution in [0.15, 0.2) is 29.8 Å². The smallest absolute Gasteiger partial charge is 0.271 e. The predicted octanol–water partition coefficient (Wildman–Crippen LogP) is 2.51.